The Labute approximate surface area is 116 Å². The highest BCUT2D eigenvalue weighted by atomic mass is 16.2. The molecule has 0 saturated carbocycles. The number of aromatic nitrogens is 2. The maximum absolute atomic E-state index is 12.4. The average Bonchev–Trinajstić information content (AvgIpc) is 2.43. The summed E-state index contributed by atoms with van der Waals surface area (Å²) in [5, 5.41) is 0. The van der Waals surface area contributed by atoms with Crippen LogP contribution in [0.3, 0.4) is 0 Å². The molecule has 2 rings (SSSR count). The summed E-state index contributed by atoms with van der Waals surface area (Å²) in [6.45, 7) is 5.24. The fourth-order valence-corrected chi connectivity index (χ4v) is 1.96. The molecule has 20 heavy (non-hydrogen) atoms. The van der Waals surface area contributed by atoms with Gasteiger partial charge in [0, 0.05) is 23.4 Å². The minimum atomic E-state index is -0.607. The zero-order chi connectivity index (χ0) is 14.9. The number of aryl methyl sites for hydroxylation is 1. The SMILES string of the molecule is Cc1cn(C(C)C)c(=O)n(C(=O)c2ccccc2)c1=O. The Morgan fingerprint density at radius 1 is 1.10 bits per heavy atom. The normalized spacial score (nSPS) is 10.8. The van der Waals surface area contributed by atoms with Crippen molar-refractivity contribution in [3.8, 4) is 0 Å². The first kappa shape index (κ1) is 14.0. The average molecular weight is 272 g/mol. The lowest BCUT2D eigenvalue weighted by Crippen LogP contribution is -2.45. The molecule has 0 aliphatic carbocycles. The number of benzene rings is 1. The van der Waals surface area contributed by atoms with Crippen LogP contribution in [0.2, 0.25) is 0 Å². The van der Waals surface area contributed by atoms with Crippen LogP contribution in [0.4, 0.5) is 0 Å². The van der Waals surface area contributed by atoms with E-state index >= 15 is 0 Å². The van der Waals surface area contributed by atoms with Gasteiger partial charge in [-0.05, 0) is 32.9 Å². The molecule has 0 bridgehead atoms. The third-order valence-electron chi connectivity index (χ3n) is 3.07. The van der Waals surface area contributed by atoms with E-state index in [-0.39, 0.29) is 6.04 Å². The molecule has 0 atom stereocenters. The van der Waals surface area contributed by atoms with Gasteiger partial charge in [-0.25, -0.2) is 4.79 Å². The predicted octanol–water partition coefficient (Wildman–Crippen LogP) is 1.59. The van der Waals surface area contributed by atoms with E-state index in [1.165, 1.54) is 10.8 Å². The summed E-state index contributed by atoms with van der Waals surface area (Å²) in [6.07, 6.45) is 1.49. The molecule has 0 radical (unpaired) electrons. The van der Waals surface area contributed by atoms with E-state index in [1.807, 2.05) is 13.8 Å². The molecule has 1 aromatic heterocycles. The van der Waals surface area contributed by atoms with Crippen molar-refractivity contribution in [1.29, 1.82) is 0 Å². The molecule has 0 amide bonds. The highest BCUT2D eigenvalue weighted by Gasteiger charge is 2.17. The summed E-state index contributed by atoms with van der Waals surface area (Å²) < 4.78 is 2.09. The van der Waals surface area contributed by atoms with Crippen molar-refractivity contribution in [1.82, 2.24) is 9.13 Å². The van der Waals surface area contributed by atoms with Crippen LogP contribution in [-0.2, 0) is 0 Å². The van der Waals surface area contributed by atoms with Gasteiger partial charge < -0.3 is 0 Å². The summed E-state index contributed by atoms with van der Waals surface area (Å²) in [4.78, 5) is 36.8. The molecule has 2 aromatic rings. The van der Waals surface area contributed by atoms with Gasteiger partial charge in [-0.1, -0.05) is 18.2 Å². The molecular weight excluding hydrogens is 256 g/mol. The monoisotopic (exact) mass is 272 g/mol. The van der Waals surface area contributed by atoms with Crippen LogP contribution in [-0.4, -0.2) is 15.0 Å². The summed E-state index contributed by atoms with van der Waals surface area (Å²) in [6, 6.07) is 8.18. The summed E-state index contributed by atoms with van der Waals surface area (Å²) in [5.41, 5.74) is -0.500. The molecule has 0 unspecified atom stereocenters. The molecule has 0 aliphatic heterocycles. The first-order valence-electron chi connectivity index (χ1n) is 6.38. The standard InChI is InChI=1S/C15H16N2O3/c1-10(2)16-9-11(3)13(18)17(15(16)20)14(19)12-7-5-4-6-8-12/h4-10H,1-3H3. The Hall–Kier alpha value is -2.43. The Morgan fingerprint density at radius 2 is 1.70 bits per heavy atom. The van der Waals surface area contributed by atoms with E-state index in [4.69, 9.17) is 0 Å². The van der Waals surface area contributed by atoms with E-state index in [0.717, 1.165) is 0 Å². The molecule has 0 N–H and O–H groups in total. The van der Waals surface area contributed by atoms with Crippen molar-refractivity contribution in [2.45, 2.75) is 26.8 Å². The molecule has 0 saturated heterocycles. The van der Waals surface area contributed by atoms with Crippen molar-refractivity contribution in [3.05, 3.63) is 68.5 Å². The largest absolute Gasteiger partial charge is 0.338 e. The fourth-order valence-electron chi connectivity index (χ4n) is 1.96. The van der Waals surface area contributed by atoms with Crippen LogP contribution in [0.15, 0.2) is 46.1 Å². The third kappa shape index (κ3) is 2.34. The molecule has 0 aliphatic rings. The molecule has 5 heteroatoms. The smallest absolute Gasteiger partial charge is 0.297 e. The Balaban J connectivity index is 2.72. The Bertz CT molecular complexity index is 755. The Kier molecular flexibility index (Phi) is 3.70. The highest BCUT2D eigenvalue weighted by Crippen LogP contribution is 2.02. The van der Waals surface area contributed by atoms with Gasteiger partial charge in [0.25, 0.3) is 11.5 Å². The molecule has 0 spiro atoms. The molecular formula is C15H16N2O3. The molecule has 1 heterocycles. The molecule has 5 nitrogen and oxygen atoms in total. The van der Waals surface area contributed by atoms with Gasteiger partial charge in [0.1, 0.15) is 0 Å². The van der Waals surface area contributed by atoms with E-state index in [9.17, 15) is 14.4 Å². The number of hydrogen-bond donors (Lipinski definition) is 0. The molecule has 1 aromatic carbocycles. The van der Waals surface area contributed by atoms with Gasteiger partial charge in [0.05, 0.1) is 0 Å². The quantitative estimate of drug-likeness (QED) is 0.834. The predicted molar refractivity (Wildman–Crippen MR) is 76.3 cm³/mol. The van der Waals surface area contributed by atoms with Crippen LogP contribution in [0.5, 0.6) is 0 Å². The van der Waals surface area contributed by atoms with Gasteiger partial charge in [0.15, 0.2) is 0 Å². The topological polar surface area (TPSA) is 61.1 Å². The van der Waals surface area contributed by atoms with Gasteiger partial charge in [0.2, 0.25) is 0 Å². The number of hydrogen-bond acceptors (Lipinski definition) is 3. The van der Waals surface area contributed by atoms with Crippen LogP contribution >= 0.6 is 0 Å². The number of carbonyl (C=O) groups excluding carboxylic acids is 1. The summed E-state index contributed by atoms with van der Waals surface area (Å²) >= 11 is 0. The van der Waals surface area contributed by atoms with Crippen molar-refractivity contribution in [2.24, 2.45) is 0 Å². The van der Waals surface area contributed by atoms with Crippen molar-refractivity contribution < 1.29 is 4.79 Å². The minimum Gasteiger partial charge on any atom is -0.297 e. The van der Waals surface area contributed by atoms with Crippen molar-refractivity contribution in [3.63, 3.8) is 0 Å². The zero-order valence-electron chi connectivity index (χ0n) is 11.7. The lowest BCUT2D eigenvalue weighted by atomic mass is 10.2. The van der Waals surface area contributed by atoms with E-state index in [2.05, 4.69) is 0 Å². The lowest BCUT2D eigenvalue weighted by molar-refractivity contribution is 0.0947. The van der Waals surface area contributed by atoms with Gasteiger partial charge >= 0.3 is 5.69 Å². The lowest BCUT2D eigenvalue weighted by Gasteiger charge is -2.13. The van der Waals surface area contributed by atoms with E-state index in [0.29, 0.717) is 15.7 Å². The third-order valence-corrected chi connectivity index (χ3v) is 3.07. The summed E-state index contributed by atoms with van der Waals surface area (Å²) in [7, 11) is 0. The van der Waals surface area contributed by atoms with E-state index in [1.54, 1.807) is 37.3 Å². The van der Waals surface area contributed by atoms with Crippen LogP contribution in [0.1, 0.15) is 35.8 Å². The molecule has 104 valence electrons. The second-order valence-electron chi connectivity index (χ2n) is 4.91. The van der Waals surface area contributed by atoms with Crippen LogP contribution < -0.4 is 11.2 Å². The van der Waals surface area contributed by atoms with Crippen molar-refractivity contribution >= 4 is 5.91 Å². The van der Waals surface area contributed by atoms with Crippen molar-refractivity contribution in [2.75, 3.05) is 0 Å². The second kappa shape index (κ2) is 5.28. The Morgan fingerprint density at radius 3 is 2.25 bits per heavy atom. The first-order chi connectivity index (χ1) is 9.43. The maximum Gasteiger partial charge on any atom is 0.338 e. The van der Waals surface area contributed by atoms with E-state index < -0.39 is 17.2 Å². The minimum absolute atomic E-state index is 0.128. The fraction of sp³-hybridized carbons (Fsp3) is 0.267. The maximum atomic E-state index is 12.4. The number of carbonyl (C=O) groups is 1. The highest BCUT2D eigenvalue weighted by molar-refractivity contribution is 5.95. The summed E-state index contributed by atoms with van der Waals surface area (Å²) in [5.74, 6) is -0.598. The van der Waals surface area contributed by atoms with Crippen LogP contribution in [0.25, 0.3) is 0 Å². The van der Waals surface area contributed by atoms with Gasteiger partial charge in [-0.2, -0.15) is 4.57 Å². The van der Waals surface area contributed by atoms with Crippen LogP contribution in [0, 0.1) is 6.92 Å². The zero-order valence-corrected chi connectivity index (χ0v) is 11.7. The molecule has 0 fully saturated rings. The number of nitrogens with zero attached hydrogens (tertiary/aromatic N) is 2. The first-order valence-corrected chi connectivity index (χ1v) is 6.38. The van der Waals surface area contributed by atoms with Gasteiger partial charge in [-0.3, -0.25) is 14.2 Å². The second-order valence-corrected chi connectivity index (χ2v) is 4.91. The van der Waals surface area contributed by atoms with Gasteiger partial charge in [-0.15, -0.1) is 0 Å². The number of rotatable bonds is 2.